The van der Waals surface area contributed by atoms with Crippen molar-refractivity contribution in [2.45, 2.75) is 19.5 Å². The molecule has 1 N–H and O–H groups in total. The van der Waals surface area contributed by atoms with Gasteiger partial charge in [-0.2, -0.15) is 0 Å². The summed E-state index contributed by atoms with van der Waals surface area (Å²) in [4.78, 5) is 0. The molecule has 1 unspecified atom stereocenters. The summed E-state index contributed by atoms with van der Waals surface area (Å²) in [6, 6.07) is 11.4. The van der Waals surface area contributed by atoms with Crippen LogP contribution in [0.4, 0.5) is 8.78 Å². The van der Waals surface area contributed by atoms with Crippen molar-refractivity contribution in [3.05, 3.63) is 69.7 Å². The van der Waals surface area contributed by atoms with Crippen molar-refractivity contribution in [3.8, 4) is 0 Å². The van der Waals surface area contributed by atoms with Gasteiger partial charge >= 0.3 is 0 Å². The quantitative estimate of drug-likeness (QED) is 0.867. The van der Waals surface area contributed by atoms with Crippen molar-refractivity contribution in [2.75, 3.05) is 0 Å². The molecule has 0 fully saturated rings. The molecule has 0 aromatic heterocycles. The van der Waals surface area contributed by atoms with Crippen LogP contribution in [0.5, 0.6) is 0 Å². The van der Waals surface area contributed by atoms with Crippen LogP contribution in [-0.2, 0) is 6.54 Å². The summed E-state index contributed by atoms with van der Waals surface area (Å²) in [7, 11) is 0. The molecule has 2 rings (SSSR count). The molecule has 0 bridgehead atoms. The molecule has 2 aromatic rings. The van der Waals surface area contributed by atoms with Crippen LogP contribution in [0.25, 0.3) is 0 Å². The van der Waals surface area contributed by atoms with Gasteiger partial charge in [-0.1, -0.05) is 34.1 Å². The second-order valence-corrected chi connectivity index (χ2v) is 5.21. The van der Waals surface area contributed by atoms with E-state index in [0.717, 1.165) is 22.2 Å². The fourth-order valence-electron chi connectivity index (χ4n) is 1.88. The Morgan fingerprint density at radius 2 is 1.89 bits per heavy atom. The van der Waals surface area contributed by atoms with Gasteiger partial charge in [0, 0.05) is 22.6 Å². The van der Waals surface area contributed by atoms with Crippen LogP contribution in [0, 0.1) is 11.6 Å². The number of hydrogen-bond donors (Lipinski definition) is 1. The average Bonchev–Trinajstić information content (AvgIpc) is 2.40. The van der Waals surface area contributed by atoms with E-state index in [9.17, 15) is 8.78 Å². The van der Waals surface area contributed by atoms with Crippen molar-refractivity contribution >= 4 is 15.9 Å². The monoisotopic (exact) mass is 325 g/mol. The Hall–Kier alpha value is -1.26. The van der Waals surface area contributed by atoms with E-state index in [1.54, 1.807) is 0 Å². The largest absolute Gasteiger partial charge is 0.306 e. The van der Waals surface area contributed by atoms with Crippen LogP contribution in [0.3, 0.4) is 0 Å². The molecule has 100 valence electrons. The Morgan fingerprint density at radius 1 is 1.16 bits per heavy atom. The molecule has 1 nitrogen and oxygen atoms in total. The molecule has 0 aliphatic rings. The van der Waals surface area contributed by atoms with Crippen molar-refractivity contribution in [1.29, 1.82) is 0 Å². The molecule has 1 atom stereocenters. The fraction of sp³-hybridized carbons (Fsp3) is 0.200. The van der Waals surface area contributed by atoms with E-state index >= 15 is 0 Å². The summed E-state index contributed by atoms with van der Waals surface area (Å²) < 4.78 is 27.5. The fourth-order valence-corrected chi connectivity index (χ4v) is 2.51. The zero-order valence-corrected chi connectivity index (χ0v) is 12.0. The third-order valence-electron chi connectivity index (χ3n) is 2.98. The van der Waals surface area contributed by atoms with Gasteiger partial charge in [-0.3, -0.25) is 0 Å². The zero-order chi connectivity index (χ0) is 13.8. The topological polar surface area (TPSA) is 12.0 Å². The highest BCUT2D eigenvalue weighted by atomic mass is 79.9. The van der Waals surface area contributed by atoms with Gasteiger partial charge in [0.1, 0.15) is 11.6 Å². The molecule has 2 aromatic carbocycles. The van der Waals surface area contributed by atoms with E-state index in [1.807, 2.05) is 31.2 Å². The molecule has 0 radical (unpaired) electrons. The molecule has 0 saturated carbocycles. The lowest BCUT2D eigenvalue weighted by Gasteiger charge is -2.16. The minimum Gasteiger partial charge on any atom is -0.306 e. The average molecular weight is 326 g/mol. The molecule has 19 heavy (non-hydrogen) atoms. The van der Waals surface area contributed by atoms with Gasteiger partial charge in [0.2, 0.25) is 0 Å². The van der Waals surface area contributed by atoms with E-state index in [4.69, 9.17) is 0 Å². The third-order valence-corrected chi connectivity index (χ3v) is 3.70. The lowest BCUT2D eigenvalue weighted by Crippen LogP contribution is -2.19. The van der Waals surface area contributed by atoms with Gasteiger partial charge in [-0.15, -0.1) is 0 Å². The van der Waals surface area contributed by atoms with Gasteiger partial charge in [0.15, 0.2) is 0 Å². The van der Waals surface area contributed by atoms with Crippen molar-refractivity contribution in [1.82, 2.24) is 5.32 Å². The number of halogens is 3. The van der Waals surface area contributed by atoms with Crippen LogP contribution >= 0.6 is 15.9 Å². The first kappa shape index (κ1) is 14.2. The van der Waals surface area contributed by atoms with Crippen LogP contribution in [0.15, 0.2) is 46.9 Å². The van der Waals surface area contributed by atoms with Gasteiger partial charge in [-0.25, -0.2) is 8.78 Å². The Kier molecular flexibility index (Phi) is 4.66. The van der Waals surface area contributed by atoms with Gasteiger partial charge in [0.25, 0.3) is 0 Å². The summed E-state index contributed by atoms with van der Waals surface area (Å²) in [6.45, 7) is 2.27. The Morgan fingerprint density at radius 3 is 2.63 bits per heavy atom. The highest BCUT2D eigenvalue weighted by molar-refractivity contribution is 9.10. The highest BCUT2D eigenvalue weighted by Gasteiger charge is 2.10. The summed E-state index contributed by atoms with van der Waals surface area (Å²) in [6.07, 6.45) is 0. The van der Waals surface area contributed by atoms with E-state index in [0.29, 0.717) is 5.56 Å². The number of hydrogen-bond acceptors (Lipinski definition) is 1. The Bertz CT molecular complexity index is 572. The molecule has 0 spiro atoms. The third kappa shape index (κ3) is 3.61. The molecule has 0 heterocycles. The summed E-state index contributed by atoms with van der Waals surface area (Å²) in [5.41, 5.74) is 1.42. The van der Waals surface area contributed by atoms with Crippen molar-refractivity contribution in [2.24, 2.45) is 0 Å². The Balaban J connectivity index is 2.06. The smallest absolute Gasteiger partial charge is 0.127 e. The van der Waals surface area contributed by atoms with E-state index in [2.05, 4.69) is 21.2 Å². The van der Waals surface area contributed by atoms with Crippen LogP contribution in [0.2, 0.25) is 0 Å². The summed E-state index contributed by atoms with van der Waals surface area (Å²) in [5, 5.41) is 3.19. The van der Waals surface area contributed by atoms with Crippen molar-refractivity contribution in [3.63, 3.8) is 0 Å². The standard InChI is InChI=1S/C15H14BrF2N/c1-10(13-4-2-3-5-14(13)16)19-9-11-8-12(17)6-7-15(11)18/h2-8,10,19H,9H2,1H3. The number of nitrogens with one attached hydrogen (secondary N) is 1. The van der Waals surface area contributed by atoms with Crippen LogP contribution in [0.1, 0.15) is 24.1 Å². The molecular weight excluding hydrogens is 312 g/mol. The molecule has 0 amide bonds. The van der Waals surface area contributed by atoms with Crippen molar-refractivity contribution < 1.29 is 8.78 Å². The molecule has 4 heteroatoms. The molecular formula is C15H14BrF2N. The molecule has 0 aliphatic heterocycles. The maximum atomic E-state index is 13.5. The van der Waals surface area contributed by atoms with Crippen LogP contribution in [-0.4, -0.2) is 0 Å². The summed E-state index contributed by atoms with van der Waals surface area (Å²) in [5.74, 6) is -0.819. The number of benzene rings is 2. The minimum absolute atomic E-state index is 0.0400. The number of rotatable bonds is 4. The minimum atomic E-state index is -0.424. The maximum Gasteiger partial charge on any atom is 0.127 e. The van der Waals surface area contributed by atoms with Gasteiger partial charge in [0.05, 0.1) is 0 Å². The first-order valence-corrected chi connectivity index (χ1v) is 6.79. The maximum absolute atomic E-state index is 13.5. The summed E-state index contributed by atoms with van der Waals surface area (Å²) >= 11 is 3.48. The molecule has 0 aliphatic carbocycles. The lowest BCUT2D eigenvalue weighted by molar-refractivity contribution is 0.534. The zero-order valence-electron chi connectivity index (χ0n) is 10.5. The van der Waals surface area contributed by atoms with Crippen LogP contribution < -0.4 is 5.32 Å². The predicted octanol–water partition coefficient (Wildman–Crippen LogP) is 4.58. The normalized spacial score (nSPS) is 12.4. The van der Waals surface area contributed by atoms with E-state index < -0.39 is 11.6 Å². The lowest BCUT2D eigenvalue weighted by atomic mass is 10.1. The van der Waals surface area contributed by atoms with Gasteiger partial charge in [-0.05, 0) is 36.8 Å². The van der Waals surface area contributed by atoms with Gasteiger partial charge < -0.3 is 5.32 Å². The van der Waals surface area contributed by atoms with E-state index in [1.165, 1.54) is 6.07 Å². The molecule has 0 saturated heterocycles. The highest BCUT2D eigenvalue weighted by Crippen LogP contribution is 2.23. The second-order valence-electron chi connectivity index (χ2n) is 4.36. The van der Waals surface area contributed by atoms with E-state index in [-0.39, 0.29) is 12.6 Å². The first-order valence-electron chi connectivity index (χ1n) is 5.99. The second kappa shape index (κ2) is 6.26. The Labute approximate surface area is 119 Å². The first-order chi connectivity index (χ1) is 9.08. The predicted molar refractivity (Wildman–Crippen MR) is 75.8 cm³/mol. The SMILES string of the molecule is CC(NCc1cc(F)ccc1F)c1ccccc1Br.